The van der Waals surface area contributed by atoms with Crippen LogP contribution < -0.4 is 5.32 Å². The number of carboxylic acid groups (broad SMARTS) is 1. The Morgan fingerprint density at radius 1 is 1.06 bits per heavy atom. The quantitative estimate of drug-likeness (QED) is 0.297. The predicted octanol–water partition coefficient (Wildman–Crippen LogP) is 5.34. The molecule has 0 saturated heterocycles. The third-order valence-electron chi connectivity index (χ3n) is 6.31. The summed E-state index contributed by atoms with van der Waals surface area (Å²) in [6.07, 6.45) is 0.641. The highest BCUT2D eigenvalue weighted by Crippen LogP contribution is 2.26. The van der Waals surface area contributed by atoms with E-state index in [9.17, 15) is 19.4 Å². The molecule has 5 nitrogen and oxygen atoms in total. The minimum Gasteiger partial charge on any atom is -0.478 e. The van der Waals surface area contributed by atoms with Crippen molar-refractivity contribution in [1.82, 2.24) is 5.32 Å². The van der Waals surface area contributed by atoms with Crippen LogP contribution >= 0.6 is 0 Å². The Bertz CT molecular complexity index is 1190. The van der Waals surface area contributed by atoms with Crippen LogP contribution in [0.5, 0.6) is 0 Å². The number of aliphatic hydroxyl groups excluding tert-OH is 1. The molecule has 0 saturated carbocycles. The maximum atomic E-state index is 13.8. The Kier molecular flexibility index (Phi) is 9.37. The highest BCUT2D eigenvalue weighted by molar-refractivity contribution is 5.90. The van der Waals surface area contributed by atoms with E-state index < -0.39 is 12.1 Å². The largest absolute Gasteiger partial charge is 0.478 e. The number of hydrogen-bond donors (Lipinski definition) is 3. The van der Waals surface area contributed by atoms with Gasteiger partial charge in [-0.25, -0.2) is 9.18 Å². The lowest BCUT2D eigenvalue weighted by molar-refractivity contribution is 0.0349. The zero-order valence-corrected chi connectivity index (χ0v) is 21.5. The van der Waals surface area contributed by atoms with Crippen LogP contribution in [0.3, 0.4) is 0 Å². The number of aromatic carboxylic acids is 1. The minimum absolute atomic E-state index is 0.203. The van der Waals surface area contributed by atoms with Gasteiger partial charge in [0.25, 0.3) is 0 Å². The number of ether oxygens (including phenoxy) is 1. The number of hydrogen-bond acceptors (Lipinski definition) is 4. The first-order chi connectivity index (χ1) is 17.1. The van der Waals surface area contributed by atoms with Crippen LogP contribution in [0.25, 0.3) is 11.1 Å². The summed E-state index contributed by atoms with van der Waals surface area (Å²) in [5, 5.41) is 23.0. The average molecular weight is 494 g/mol. The maximum Gasteiger partial charge on any atom is 0.335 e. The molecule has 0 amide bonds. The summed E-state index contributed by atoms with van der Waals surface area (Å²) in [6, 6.07) is 18.6. The van der Waals surface area contributed by atoms with E-state index in [4.69, 9.17) is 4.74 Å². The lowest BCUT2D eigenvalue weighted by atomic mass is 9.94. The lowest BCUT2D eigenvalue weighted by Crippen LogP contribution is -2.46. The first-order valence-electron chi connectivity index (χ1n) is 12.2. The molecule has 0 unspecified atom stereocenters. The van der Waals surface area contributed by atoms with Crippen LogP contribution in [-0.2, 0) is 17.6 Å². The summed E-state index contributed by atoms with van der Waals surface area (Å²) in [6.45, 7) is 8.63. The molecule has 0 aliphatic heterocycles. The molecule has 3 N–H and O–H groups in total. The van der Waals surface area contributed by atoms with Gasteiger partial charge in [0.05, 0.1) is 24.9 Å². The monoisotopic (exact) mass is 493 g/mol. The smallest absolute Gasteiger partial charge is 0.335 e. The van der Waals surface area contributed by atoms with Crippen LogP contribution in [0, 0.1) is 19.7 Å². The first kappa shape index (κ1) is 27.5. The van der Waals surface area contributed by atoms with Crippen LogP contribution in [-0.4, -0.2) is 47.6 Å². The van der Waals surface area contributed by atoms with Gasteiger partial charge in [0, 0.05) is 12.1 Å². The topological polar surface area (TPSA) is 78.8 Å². The fourth-order valence-corrected chi connectivity index (χ4v) is 4.26. The number of nitrogens with one attached hydrogen (secondary N) is 1. The third-order valence-corrected chi connectivity index (χ3v) is 6.31. The molecule has 0 fully saturated rings. The van der Waals surface area contributed by atoms with E-state index in [1.807, 2.05) is 56.3 Å². The third kappa shape index (κ3) is 7.72. The van der Waals surface area contributed by atoms with Gasteiger partial charge >= 0.3 is 5.97 Å². The van der Waals surface area contributed by atoms with Crippen molar-refractivity contribution < 1.29 is 24.1 Å². The summed E-state index contributed by atoms with van der Waals surface area (Å²) in [7, 11) is 0. The molecule has 0 aliphatic rings. The molecule has 6 heteroatoms. The maximum absolute atomic E-state index is 13.8. The fourth-order valence-electron chi connectivity index (χ4n) is 4.26. The first-order valence-corrected chi connectivity index (χ1v) is 12.2. The van der Waals surface area contributed by atoms with E-state index in [1.165, 1.54) is 0 Å². The van der Waals surface area contributed by atoms with Crippen LogP contribution in [0.1, 0.15) is 46.5 Å². The molecule has 36 heavy (non-hydrogen) atoms. The minimum atomic E-state index is -0.929. The van der Waals surface area contributed by atoms with Gasteiger partial charge in [-0.05, 0) is 86.1 Å². The number of aliphatic hydroxyl groups is 1. The number of rotatable bonds is 12. The molecular formula is C30H36FNO4. The summed E-state index contributed by atoms with van der Waals surface area (Å²) >= 11 is 0. The number of β-amino-alcohol motifs (C(OH)–C–C–N with tert-alkyl or cyclic N) is 1. The second-order valence-corrected chi connectivity index (χ2v) is 10.00. The van der Waals surface area contributed by atoms with Gasteiger partial charge in [-0.2, -0.15) is 0 Å². The van der Waals surface area contributed by atoms with Gasteiger partial charge in [-0.15, -0.1) is 0 Å². The van der Waals surface area contributed by atoms with Gasteiger partial charge in [-0.3, -0.25) is 0 Å². The van der Waals surface area contributed by atoms with E-state index in [-0.39, 0.29) is 18.0 Å². The number of benzene rings is 3. The van der Waals surface area contributed by atoms with Crippen molar-refractivity contribution in [2.75, 3.05) is 19.8 Å². The molecule has 0 bridgehead atoms. The zero-order valence-electron chi connectivity index (χ0n) is 21.5. The van der Waals surface area contributed by atoms with Crippen molar-refractivity contribution in [2.45, 2.75) is 52.2 Å². The van der Waals surface area contributed by atoms with Gasteiger partial charge in [0.1, 0.15) is 5.82 Å². The van der Waals surface area contributed by atoms with E-state index in [0.29, 0.717) is 37.1 Å². The van der Waals surface area contributed by atoms with E-state index in [1.54, 1.807) is 32.0 Å². The zero-order chi connectivity index (χ0) is 26.3. The van der Waals surface area contributed by atoms with Gasteiger partial charge in [0.2, 0.25) is 0 Å². The van der Waals surface area contributed by atoms with Crippen molar-refractivity contribution in [2.24, 2.45) is 0 Å². The number of carbonyl (C=O) groups is 1. The summed E-state index contributed by atoms with van der Waals surface area (Å²) in [4.78, 5) is 11.3. The summed E-state index contributed by atoms with van der Waals surface area (Å²) in [5.41, 5.74) is 5.35. The SMILES string of the molecule is Cc1ccc(CC(C)(C)NC[C@H](O)COCCc2ccccc2-c2ccc(C(=O)O)c(C)c2)cc1F. The molecule has 3 aromatic rings. The Balaban J connectivity index is 1.48. The molecule has 1 atom stereocenters. The molecule has 192 valence electrons. The van der Waals surface area contributed by atoms with Crippen LogP contribution in [0.4, 0.5) is 4.39 Å². The standard InChI is InChI=1S/C30H36FNO4/c1-20-9-10-22(16-28(20)31)17-30(3,4)32-18-25(33)19-36-14-13-23-7-5-6-8-27(23)24-11-12-26(29(34)35)21(2)15-24/h5-12,15-16,25,32-33H,13-14,17-19H2,1-4H3,(H,34,35)/t25-/m0/s1. The van der Waals surface area contributed by atoms with Gasteiger partial charge in [-0.1, -0.05) is 48.5 Å². The molecule has 3 rings (SSSR count). The van der Waals surface area contributed by atoms with E-state index in [0.717, 1.165) is 27.8 Å². The van der Waals surface area contributed by atoms with Crippen LogP contribution in [0.2, 0.25) is 0 Å². The van der Waals surface area contributed by atoms with Crippen molar-refractivity contribution in [3.63, 3.8) is 0 Å². The van der Waals surface area contributed by atoms with Gasteiger partial charge < -0.3 is 20.3 Å². The van der Waals surface area contributed by atoms with Gasteiger partial charge in [0.15, 0.2) is 0 Å². The average Bonchev–Trinajstić information content (AvgIpc) is 2.83. The summed E-state index contributed by atoms with van der Waals surface area (Å²) in [5.74, 6) is -1.13. The van der Waals surface area contributed by atoms with Crippen molar-refractivity contribution in [1.29, 1.82) is 0 Å². The molecule has 0 aromatic heterocycles. The van der Waals surface area contributed by atoms with E-state index in [2.05, 4.69) is 5.32 Å². The number of halogens is 1. The Morgan fingerprint density at radius 2 is 1.81 bits per heavy atom. The van der Waals surface area contributed by atoms with E-state index >= 15 is 0 Å². The highest BCUT2D eigenvalue weighted by Gasteiger charge is 2.20. The molecule has 0 heterocycles. The highest BCUT2D eigenvalue weighted by atomic mass is 19.1. The molecular weight excluding hydrogens is 457 g/mol. The van der Waals surface area contributed by atoms with Crippen LogP contribution in [0.15, 0.2) is 60.7 Å². The Hall–Kier alpha value is -3.06. The second-order valence-electron chi connectivity index (χ2n) is 10.00. The molecule has 3 aromatic carbocycles. The Morgan fingerprint density at radius 3 is 2.50 bits per heavy atom. The number of aryl methyl sites for hydroxylation is 2. The molecule has 0 spiro atoms. The fraction of sp³-hybridized carbons (Fsp3) is 0.367. The van der Waals surface area contributed by atoms with Crippen molar-refractivity contribution in [3.8, 4) is 11.1 Å². The summed E-state index contributed by atoms with van der Waals surface area (Å²) < 4.78 is 19.6. The Labute approximate surface area is 213 Å². The molecule has 0 radical (unpaired) electrons. The second kappa shape index (κ2) is 12.3. The normalized spacial score (nSPS) is 12.5. The van der Waals surface area contributed by atoms with Crippen molar-refractivity contribution >= 4 is 5.97 Å². The van der Waals surface area contributed by atoms with Crippen molar-refractivity contribution in [3.05, 3.63) is 94.3 Å². The number of carboxylic acids is 1. The lowest BCUT2D eigenvalue weighted by Gasteiger charge is -2.28. The molecule has 0 aliphatic carbocycles. The predicted molar refractivity (Wildman–Crippen MR) is 141 cm³/mol.